The molecule has 0 unspecified atom stereocenters. The van der Waals surface area contributed by atoms with Crippen LogP contribution < -0.4 is 5.32 Å². The van der Waals surface area contributed by atoms with Gasteiger partial charge in [0.2, 0.25) is 5.91 Å². The summed E-state index contributed by atoms with van der Waals surface area (Å²) in [7, 11) is 0. The van der Waals surface area contributed by atoms with Gasteiger partial charge in [-0.3, -0.25) is 14.9 Å². The summed E-state index contributed by atoms with van der Waals surface area (Å²) in [6.07, 6.45) is 11.6. The van der Waals surface area contributed by atoms with E-state index >= 15 is 0 Å². The van der Waals surface area contributed by atoms with Crippen LogP contribution in [0.4, 0.5) is 0 Å². The fraction of sp³-hybridized carbons (Fsp3) is 0.909. The summed E-state index contributed by atoms with van der Waals surface area (Å²) in [4.78, 5) is 26.2. The van der Waals surface area contributed by atoms with Crippen LogP contribution in [0.5, 0.6) is 0 Å². The molecule has 0 atom stereocenters. The lowest BCUT2D eigenvalue weighted by molar-refractivity contribution is -0.150. The molecule has 0 aromatic heterocycles. The van der Waals surface area contributed by atoms with Crippen LogP contribution in [0.2, 0.25) is 0 Å². The summed E-state index contributed by atoms with van der Waals surface area (Å²) in [6.45, 7) is 11.6. The monoisotopic (exact) mass is 382 g/mol. The van der Waals surface area contributed by atoms with E-state index in [2.05, 4.69) is 26.1 Å². The van der Waals surface area contributed by atoms with Crippen LogP contribution in [0.15, 0.2) is 0 Å². The van der Waals surface area contributed by atoms with E-state index in [4.69, 9.17) is 4.74 Å². The van der Waals surface area contributed by atoms with Gasteiger partial charge in [0.05, 0.1) is 12.1 Å². The van der Waals surface area contributed by atoms with Gasteiger partial charge in [-0.25, -0.2) is 0 Å². The Balaban J connectivity index is 2.10. The molecule has 27 heavy (non-hydrogen) atoms. The number of amides is 1. The van der Waals surface area contributed by atoms with Crippen LogP contribution in [-0.2, 0) is 14.3 Å². The SMILES string of the molecule is CCCCCCCCCCCC(=O)OCCN1CC(C)(C)NC(C)(C)C1=O. The molecule has 0 aliphatic carbocycles. The van der Waals surface area contributed by atoms with Crippen molar-refractivity contribution in [3.63, 3.8) is 0 Å². The van der Waals surface area contributed by atoms with Crippen molar-refractivity contribution in [3.8, 4) is 0 Å². The molecule has 0 radical (unpaired) electrons. The minimum atomic E-state index is -0.581. The van der Waals surface area contributed by atoms with Crippen molar-refractivity contribution in [2.24, 2.45) is 0 Å². The normalized spacial score (nSPS) is 18.6. The van der Waals surface area contributed by atoms with E-state index in [1.807, 2.05) is 18.7 Å². The molecule has 0 aromatic carbocycles. The molecule has 1 aliphatic heterocycles. The number of hydrogen-bond acceptors (Lipinski definition) is 4. The second-order valence-corrected chi connectivity index (χ2v) is 9.16. The number of unbranched alkanes of at least 4 members (excludes halogenated alkanes) is 8. The Morgan fingerprint density at radius 1 is 1.00 bits per heavy atom. The first-order valence-corrected chi connectivity index (χ1v) is 10.9. The third kappa shape index (κ3) is 9.59. The van der Waals surface area contributed by atoms with Crippen LogP contribution in [0.3, 0.4) is 0 Å². The molecule has 5 nitrogen and oxygen atoms in total. The second kappa shape index (κ2) is 11.7. The molecule has 0 bridgehead atoms. The lowest BCUT2D eigenvalue weighted by Crippen LogP contribution is -2.69. The predicted molar refractivity (Wildman–Crippen MR) is 111 cm³/mol. The minimum Gasteiger partial charge on any atom is -0.464 e. The minimum absolute atomic E-state index is 0.0665. The number of carbonyl (C=O) groups is 2. The molecule has 0 aromatic rings. The molecule has 158 valence electrons. The van der Waals surface area contributed by atoms with Crippen LogP contribution in [0.25, 0.3) is 0 Å². The number of esters is 1. The molecule has 1 N–H and O–H groups in total. The molecule has 0 spiro atoms. The van der Waals surface area contributed by atoms with Crippen molar-refractivity contribution in [3.05, 3.63) is 0 Å². The molecule has 0 saturated carbocycles. The van der Waals surface area contributed by atoms with Gasteiger partial charge in [0.1, 0.15) is 6.61 Å². The zero-order chi connectivity index (χ0) is 20.3. The van der Waals surface area contributed by atoms with Gasteiger partial charge in [-0.1, -0.05) is 58.3 Å². The van der Waals surface area contributed by atoms with E-state index in [0.717, 1.165) is 12.8 Å². The van der Waals surface area contributed by atoms with E-state index < -0.39 is 5.54 Å². The molecule has 1 aliphatic rings. The largest absolute Gasteiger partial charge is 0.464 e. The van der Waals surface area contributed by atoms with Gasteiger partial charge in [-0.05, 0) is 34.1 Å². The van der Waals surface area contributed by atoms with Gasteiger partial charge in [0.25, 0.3) is 0 Å². The van der Waals surface area contributed by atoms with E-state index in [-0.39, 0.29) is 24.0 Å². The van der Waals surface area contributed by atoms with Crippen molar-refractivity contribution in [2.75, 3.05) is 19.7 Å². The summed E-state index contributed by atoms with van der Waals surface area (Å²) in [5.41, 5.74) is -0.722. The van der Waals surface area contributed by atoms with Crippen molar-refractivity contribution in [1.29, 1.82) is 0 Å². The first-order valence-electron chi connectivity index (χ1n) is 10.9. The van der Waals surface area contributed by atoms with Crippen molar-refractivity contribution >= 4 is 11.9 Å². The van der Waals surface area contributed by atoms with Gasteiger partial charge in [0.15, 0.2) is 0 Å². The first kappa shape index (κ1) is 23.9. The molecular weight excluding hydrogens is 340 g/mol. The van der Waals surface area contributed by atoms with Crippen LogP contribution in [-0.4, -0.2) is 47.6 Å². The van der Waals surface area contributed by atoms with E-state index in [1.165, 1.54) is 44.9 Å². The second-order valence-electron chi connectivity index (χ2n) is 9.16. The van der Waals surface area contributed by atoms with Crippen LogP contribution in [0, 0.1) is 0 Å². The molecule has 1 fully saturated rings. The van der Waals surface area contributed by atoms with Gasteiger partial charge in [0, 0.05) is 18.5 Å². The Morgan fingerprint density at radius 3 is 2.15 bits per heavy atom. The maximum Gasteiger partial charge on any atom is 0.305 e. The smallest absolute Gasteiger partial charge is 0.305 e. The molecular formula is C22H42N2O3. The van der Waals surface area contributed by atoms with Gasteiger partial charge < -0.3 is 9.64 Å². The zero-order valence-corrected chi connectivity index (χ0v) is 18.4. The fourth-order valence-corrected chi connectivity index (χ4v) is 3.99. The maximum absolute atomic E-state index is 12.5. The predicted octanol–water partition coefficient (Wildman–Crippen LogP) is 4.44. The van der Waals surface area contributed by atoms with Crippen LogP contribution in [0.1, 0.15) is 98.8 Å². The molecule has 5 heteroatoms. The standard InChI is InChI=1S/C22H42N2O3/c1-6-7-8-9-10-11-12-13-14-15-19(25)27-17-16-24-18-21(2,3)23-22(4,5)20(24)26/h23H,6-18H2,1-5H3. The Labute approximate surface area is 166 Å². The number of rotatable bonds is 13. The highest BCUT2D eigenvalue weighted by Gasteiger charge is 2.43. The van der Waals surface area contributed by atoms with Gasteiger partial charge in [-0.2, -0.15) is 0 Å². The molecule has 1 saturated heterocycles. The molecule has 1 heterocycles. The highest BCUT2D eigenvalue weighted by molar-refractivity contribution is 5.86. The first-order chi connectivity index (χ1) is 12.7. The van der Waals surface area contributed by atoms with Gasteiger partial charge in [-0.15, -0.1) is 0 Å². The van der Waals surface area contributed by atoms with Crippen molar-refractivity contribution in [2.45, 2.75) is 110 Å². The number of nitrogens with one attached hydrogen (secondary N) is 1. The Hall–Kier alpha value is -1.10. The highest BCUT2D eigenvalue weighted by atomic mass is 16.5. The number of ether oxygens (including phenoxy) is 1. The third-order valence-electron chi connectivity index (χ3n) is 5.17. The van der Waals surface area contributed by atoms with E-state index in [0.29, 0.717) is 19.5 Å². The number of piperazine rings is 1. The third-order valence-corrected chi connectivity index (χ3v) is 5.17. The quantitative estimate of drug-likeness (QED) is 0.378. The molecule has 1 rings (SSSR count). The van der Waals surface area contributed by atoms with Crippen LogP contribution >= 0.6 is 0 Å². The number of nitrogens with zero attached hydrogens (tertiary/aromatic N) is 1. The van der Waals surface area contributed by atoms with Crippen molar-refractivity contribution < 1.29 is 14.3 Å². The van der Waals surface area contributed by atoms with E-state index in [1.54, 1.807) is 0 Å². The topological polar surface area (TPSA) is 58.6 Å². The van der Waals surface area contributed by atoms with Gasteiger partial charge >= 0.3 is 5.97 Å². The Bertz CT molecular complexity index is 460. The zero-order valence-electron chi connectivity index (χ0n) is 18.4. The number of hydrogen-bond donors (Lipinski definition) is 1. The summed E-state index contributed by atoms with van der Waals surface area (Å²) < 4.78 is 5.35. The maximum atomic E-state index is 12.5. The molecule has 1 amide bonds. The fourth-order valence-electron chi connectivity index (χ4n) is 3.99. The summed E-state index contributed by atoms with van der Waals surface area (Å²) >= 11 is 0. The van der Waals surface area contributed by atoms with Crippen molar-refractivity contribution in [1.82, 2.24) is 10.2 Å². The average Bonchev–Trinajstić information content (AvgIpc) is 2.56. The Morgan fingerprint density at radius 2 is 1.56 bits per heavy atom. The lowest BCUT2D eigenvalue weighted by atomic mass is 9.91. The summed E-state index contributed by atoms with van der Waals surface area (Å²) in [5, 5.41) is 3.37. The summed E-state index contributed by atoms with van der Waals surface area (Å²) in [6, 6.07) is 0. The van der Waals surface area contributed by atoms with E-state index in [9.17, 15) is 9.59 Å². The highest BCUT2D eigenvalue weighted by Crippen LogP contribution is 2.22. The Kier molecular flexibility index (Phi) is 10.4. The lowest BCUT2D eigenvalue weighted by Gasteiger charge is -2.47. The number of carbonyl (C=O) groups excluding carboxylic acids is 2. The average molecular weight is 383 g/mol. The summed E-state index contributed by atoms with van der Waals surface area (Å²) in [5.74, 6) is -0.0733.